The molecule has 230 valence electrons. The molecule has 13 heteroatoms. The molecule has 1 heterocycles. The zero-order chi connectivity index (χ0) is 31.1. The first-order valence-electron chi connectivity index (χ1n) is 13.5. The number of alkyl halides is 3. The predicted octanol–water partition coefficient (Wildman–Crippen LogP) is 4.50. The number of hydrogen-bond donors (Lipinski definition) is 4. The van der Waals surface area contributed by atoms with Crippen molar-refractivity contribution in [1.82, 2.24) is 15.5 Å². The number of rotatable bonds is 10. The number of nitrogens with zero attached hydrogens (tertiary/aromatic N) is 1. The third-order valence-corrected chi connectivity index (χ3v) is 6.29. The minimum Gasteiger partial charge on any atom is -0.495 e. The van der Waals surface area contributed by atoms with E-state index in [0.717, 1.165) is 30.7 Å². The van der Waals surface area contributed by atoms with Crippen LogP contribution in [-0.4, -0.2) is 61.2 Å². The Morgan fingerprint density at radius 2 is 1.76 bits per heavy atom. The fraction of sp³-hybridized carbons (Fsp3) is 0.483. The van der Waals surface area contributed by atoms with Crippen LogP contribution in [0.15, 0.2) is 36.4 Å². The maximum Gasteiger partial charge on any atom is 0.416 e. The van der Waals surface area contributed by atoms with Crippen molar-refractivity contribution in [2.45, 2.75) is 65.0 Å². The topological polar surface area (TPSA) is 121 Å². The molecule has 0 radical (unpaired) electrons. The molecule has 10 nitrogen and oxygen atoms in total. The first-order chi connectivity index (χ1) is 19.6. The van der Waals surface area contributed by atoms with Gasteiger partial charge in [-0.2, -0.15) is 13.2 Å². The van der Waals surface area contributed by atoms with Crippen LogP contribution in [0.2, 0.25) is 0 Å². The number of carbonyl (C=O) groups excluding carboxylic acids is 3. The highest BCUT2D eigenvalue weighted by molar-refractivity contribution is 5.90. The van der Waals surface area contributed by atoms with Gasteiger partial charge in [-0.25, -0.2) is 4.79 Å². The average molecular weight is 594 g/mol. The van der Waals surface area contributed by atoms with E-state index in [1.54, 1.807) is 26.8 Å². The minimum atomic E-state index is -4.57. The molecule has 1 aliphatic rings. The van der Waals surface area contributed by atoms with Crippen molar-refractivity contribution >= 4 is 29.3 Å². The summed E-state index contributed by atoms with van der Waals surface area (Å²) in [6.07, 6.45) is -4.63. The van der Waals surface area contributed by atoms with Gasteiger partial charge >= 0.3 is 12.3 Å². The zero-order valence-electron chi connectivity index (χ0n) is 24.4. The van der Waals surface area contributed by atoms with Crippen LogP contribution >= 0.6 is 0 Å². The van der Waals surface area contributed by atoms with Crippen molar-refractivity contribution in [2.75, 3.05) is 37.4 Å². The van der Waals surface area contributed by atoms with Crippen molar-refractivity contribution in [1.29, 1.82) is 0 Å². The van der Waals surface area contributed by atoms with Gasteiger partial charge in [0, 0.05) is 44.8 Å². The van der Waals surface area contributed by atoms with Crippen LogP contribution in [0.4, 0.5) is 29.3 Å². The number of halogens is 3. The first kappa shape index (κ1) is 32.7. The van der Waals surface area contributed by atoms with Crippen molar-refractivity contribution in [3.05, 3.63) is 53.1 Å². The second-order valence-electron chi connectivity index (χ2n) is 11.1. The van der Waals surface area contributed by atoms with Crippen molar-refractivity contribution in [2.24, 2.45) is 0 Å². The Bertz CT molecular complexity index is 1280. The molecule has 3 amide bonds. The summed E-state index contributed by atoms with van der Waals surface area (Å²) >= 11 is 0. The molecule has 1 saturated heterocycles. The van der Waals surface area contributed by atoms with Gasteiger partial charge in [0.2, 0.25) is 11.8 Å². The van der Waals surface area contributed by atoms with Crippen LogP contribution < -0.4 is 26.0 Å². The molecule has 1 atom stereocenters. The monoisotopic (exact) mass is 593 g/mol. The second-order valence-corrected chi connectivity index (χ2v) is 11.1. The number of likely N-dealkylation sites (tertiary alicyclic amines) is 1. The van der Waals surface area contributed by atoms with Crippen LogP contribution in [-0.2, 0) is 33.6 Å². The van der Waals surface area contributed by atoms with Crippen LogP contribution in [0.3, 0.4) is 0 Å². The third kappa shape index (κ3) is 10.2. The van der Waals surface area contributed by atoms with Crippen molar-refractivity contribution in [3.63, 3.8) is 0 Å². The van der Waals surface area contributed by atoms with E-state index in [1.807, 2.05) is 12.1 Å². The first-order valence-corrected chi connectivity index (χ1v) is 13.5. The molecule has 0 spiro atoms. The molecule has 0 aliphatic carbocycles. The summed E-state index contributed by atoms with van der Waals surface area (Å²) in [5.74, 6) is 0.0605. The van der Waals surface area contributed by atoms with Gasteiger partial charge in [0.15, 0.2) is 0 Å². The Morgan fingerprint density at radius 3 is 2.40 bits per heavy atom. The Labute approximate surface area is 243 Å². The van der Waals surface area contributed by atoms with Gasteiger partial charge in [-0.1, -0.05) is 6.07 Å². The van der Waals surface area contributed by atoms with E-state index in [-0.39, 0.29) is 42.2 Å². The van der Waals surface area contributed by atoms with Crippen LogP contribution in [0.1, 0.15) is 50.8 Å². The Kier molecular flexibility index (Phi) is 10.8. The molecule has 0 bridgehead atoms. The fourth-order valence-corrected chi connectivity index (χ4v) is 4.53. The zero-order valence-corrected chi connectivity index (χ0v) is 24.4. The Morgan fingerprint density at radius 1 is 1.02 bits per heavy atom. The summed E-state index contributed by atoms with van der Waals surface area (Å²) in [7, 11) is 1.53. The summed E-state index contributed by atoms with van der Waals surface area (Å²) in [5, 5.41) is 11.1. The van der Waals surface area contributed by atoms with Gasteiger partial charge in [-0.3, -0.25) is 19.8 Å². The molecule has 0 saturated carbocycles. The van der Waals surface area contributed by atoms with E-state index in [9.17, 15) is 27.6 Å². The van der Waals surface area contributed by atoms with E-state index >= 15 is 0 Å². The lowest BCUT2D eigenvalue weighted by Crippen LogP contribution is -2.41. The lowest BCUT2D eigenvalue weighted by atomic mass is 10.1. The van der Waals surface area contributed by atoms with Gasteiger partial charge in [0.1, 0.15) is 11.4 Å². The Balaban J connectivity index is 1.53. The van der Waals surface area contributed by atoms with E-state index < -0.39 is 23.4 Å². The molecule has 42 heavy (non-hydrogen) atoms. The summed E-state index contributed by atoms with van der Waals surface area (Å²) in [4.78, 5) is 38.5. The Hall–Kier alpha value is -3.84. The van der Waals surface area contributed by atoms with E-state index in [2.05, 4.69) is 26.2 Å². The normalized spacial score (nSPS) is 15.7. The second kappa shape index (κ2) is 13.9. The quantitative estimate of drug-likeness (QED) is 0.320. The number of benzene rings is 2. The molecule has 3 rings (SSSR count). The van der Waals surface area contributed by atoms with Gasteiger partial charge in [0.05, 0.1) is 24.9 Å². The predicted molar refractivity (Wildman–Crippen MR) is 152 cm³/mol. The highest BCUT2D eigenvalue weighted by Crippen LogP contribution is 2.32. The van der Waals surface area contributed by atoms with Gasteiger partial charge in [-0.15, -0.1) is 0 Å². The number of ether oxygens (including phenoxy) is 2. The largest absolute Gasteiger partial charge is 0.495 e. The maximum absolute atomic E-state index is 13.3. The molecule has 2 aromatic rings. The molecule has 4 N–H and O–H groups in total. The van der Waals surface area contributed by atoms with Gasteiger partial charge in [0.25, 0.3) is 0 Å². The lowest BCUT2D eigenvalue weighted by molar-refractivity contribution is -0.137. The fourth-order valence-electron chi connectivity index (χ4n) is 4.53. The third-order valence-electron chi connectivity index (χ3n) is 6.29. The van der Waals surface area contributed by atoms with E-state index in [0.29, 0.717) is 24.5 Å². The van der Waals surface area contributed by atoms with Gasteiger partial charge in [-0.05, 0) is 68.7 Å². The van der Waals surface area contributed by atoms with E-state index in [1.165, 1.54) is 20.1 Å². The summed E-state index contributed by atoms with van der Waals surface area (Å²) in [6, 6.07) is 8.45. The highest BCUT2D eigenvalue weighted by Gasteiger charge is 2.31. The SMILES string of the molecule is COc1ccc(CN2CC[C@@H](NC(=O)CNCc3cc(C(F)(F)F)ccc3NC(=O)OC(C)(C)C)C2)cc1NC(C)=O. The summed E-state index contributed by atoms with van der Waals surface area (Å²) < 4.78 is 50.4. The molecule has 2 aromatic carbocycles. The summed E-state index contributed by atoms with van der Waals surface area (Å²) in [5.41, 5.74) is 0.219. The van der Waals surface area contributed by atoms with Crippen LogP contribution in [0.5, 0.6) is 5.75 Å². The number of anilines is 2. The average Bonchev–Trinajstić information content (AvgIpc) is 3.29. The minimum absolute atomic E-state index is 0.0899. The summed E-state index contributed by atoms with van der Waals surface area (Å²) in [6.45, 7) is 8.21. The molecular formula is C29H38F3N5O5. The molecule has 1 fully saturated rings. The van der Waals surface area contributed by atoms with Crippen molar-refractivity contribution in [3.8, 4) is 5.75 Å². The molecular weight excluding hydrogens is 555 g/mol. The number of hydrogen-bond acceptors (Lipinski definition) is 7. The van der Waals surface area contributed by atoms with Gasteiger partial charge < -0.3 is 25.4 Å². The molecule has 1 aliphatic heterocycles. The standard InChI is InChI=1S/C29H38F3N5O5/c1-18(38)34-24-12-19(6-9-25(24)41-5)16-37-11-10-22(17-37)35-26(39)15-33-14-20-13-21(29(30,31)32)7-8-23(20)36-27(40)42-28(2,3)4/h6-9,12-13,22,33H,10-11,14-17H2,1-5H3,(H,34,38)(H,35,39)(H,36,40)/t22-/m1/s1. The maximum atomic E-state index is 13.3. The number of nitrogens with one attached hydrogen (secondary N) is 4. The number of amides is 3. The number of methoxy groups -OCH3 is 1. The number of carbonyl (C=O) groups is 3. The molecule has 0 aromatic heterocycles. The van der Waals surface area contributed by atoms with E-state index in [4.69, 9.17) is 9.47 Å². The highest BCUT2D eigenvalue weighted by atomic mass is 19.4. The van der Waals surface area contributed by atoms with Crippen molar-refractivity contribution < 1.29 is 37.0 Å². The van der Waals surface area contributed by atoms with Crippen LogP contribution in [0.25, 0.3) is 0 Å². The lowest BCUT2D eigenvalue weighted by Gasteiger charge is -2.21. The smallest absolute Gasteiger partial charge is 0.416 e. The molecule has 0 unspecified atom stereocenters. The van der Waals surface area contributed by atoms with Crippen LogP contribution in [0, 0.1) is 0 Å².